The molecule has 0 saturated heterocycles. The Morgan fingerprint density at radius 3 is 1.95 bits per heavy atom. The van der Waals surface area contributed by atoms with Crippen molar-refractivity contribution in [3.8, 4) is 0 Å². The van der Waals surface area contributed by atoms with E-state index in [0.29, 0.717) is 18.2 Å². The van der Waals surface area contributed by atoms with Gasteiger partial charge in [0.1, 0.15) is 5.82 Å². The molecule has 0 atom stereocenters. The lowest BCUT2D eigenvalue weighted by Crippen LogP contribution is -2.33. The molecule has 0 aliphatic carbocycles. The molecule has 2 aromatic carbocycles. The van der Waals surface area contributed by atoms with Crippen molar-refractivity contribution in [1.82, 2.24) is 0 Å². The highest BCUT2D eigenvalue weighted by atomic mass is 35.5. The Bertz CT molecular complexity index is 504. The number of halogens is 3. The van der Waals surface area contributed by atoms with E-state index in [1.807, 2.05) is 30.3 Å². The summed E-state index contributed by atoms with van der Waals surface area (Å²) < 4.78 is 13.0. The van der Waals surface area contributed by atoms with Crippen LogP contribution in [0.25, 0.3) is 0 Å². The van der Waals surface area contributed by atoms with Crippen LogP contribution in [0.2, 0.25) is 0 Å². The van der Waals surface area contributed by atoms with E-state index in [2.05, 4.69) is 0 Å². The third-order valence-electron chi connectivity index (χ3n) is 3.35. The maximum Gasteiger partial charge on any atom is 0.123 e. The van der Waals surface area contributed by atoms with Crippen LogP contribution in [-0.4, -0.2) is 11.8 Å². The van der Waals surface area contributed by atoms with Crippen LogP contribution < -0.4 is 0 Å². The molecule has 0 aromatic heterocycles. The molecule has 0 aliphatic heterocycles. The van der Waals surface area contributed by atoms with Crippen molar-refractivity contribution >= 4 is 23.2 Å². The summed E-state index contributed by atoms with van der Waals surface area (Å²) in [6.07, 6.45) is 0.699. The third-order valence-corrected chi connectivity index (χ3v) is 4.38. The van der Waals surface area contributed by atoms with E-state index in [9.17, 15) is 4.39 Å². The number of alkyl halides is 2. The Morgan fingerprint density at radius 2 is 1.42 bits per heavy atom. The first kappa shape index (κ1) is 14.4. The fourth-order valence-electron chi connectivity index (χ4n) is 2.17. The average molecular weight is 297 g/mol. The fourth-order valence-corrected chi connectivity index (χ4v) is 2.95. The zero-order valence-electron chi connectivity index (χ0n) is 10.5. The highest BCUT2D eigenvalue weighted by Gasteiger charge is 2.30. The maximum absolute atomic E-state index is 13.0. The minimum atomic E-state index is -0.317. The molecule has 0 fully saturated rings. The highest BCUT2D eigenvalue weighted by Crippen LogP contribution is 2.31. The van der Waals surface area contributed by atoms with E-state index < -0.39 is 0 Å². The lowest BCUT2D eigenvalue weighted by molar-refractivity contribution is 0.535. The average Bonchev–Trinajstić information content (AvgIpc) is 2.48. The van der Waals surface area contributed by atoms with Crippen LogP contribution >= 0.6 is 23.2 Å². The van der Waals surface area contributed by atoms with Crippen LogP contribution in [0.3, 0.4) is 0 Å². The normalized spacial score (nSPS) is 11.5. The zero-order valence-corrected chi connectivity index (χ0v) is 12.0. The molecule has 2 aromatic rings. The molecule has 0 bridgehead atoms. The quantitative estimate of drug-likeness (QED) is 0.696. The van der Waals surface area contributed by atoms with Gasteiger partial charge in [-0.1, -0.05) is 42.5 Å². The SMILES string of the molecule is Fc1ccc(CC(CCl)(CCl)c2ccccc2)cc1. The van der Waals surface area contributed by atoms with E-state index >= 15 is 0 Å². The standard InChI is InChI=1S/C16H15Cl2F/c17-11-16(12-18,14-4-2-1-3-5-14)10-13-6-8-15(19)9-7-13/h1-9H,10-12H2. The first-order valence-corrected chi connectivity index (χ1v) is 7.19. The van der Waals surface area contributed by atoms with Crippen molar-refractivity contribution in [2.45, 2.75) is 11.8 Å². The summed E-state index contributed by atoms with van der Waals surface area (Å²) in [5.74, 6) is 0.626. The third kappa shape index (κ3) is 3.29. The Kier molecular flexibility index (Phi) is 4.84. The molecule has 0 saturated carbocycles. The number of benzene rings is 2. The molecule has 0 spiro atoms. The van der Waals surface area contributed by atoms with Crippen LogP contribution in [-0.2, 0) is 11.8 Å². The van der Waals surface area contributed by atoms with Crippen molar-refractivity contribution in [1.29, 1.82) is 0 Å². The van der Waals surface area contributed by atoms with Gasteiger partial charge in [0.15, 0.2) is 0 Å². The summed E-state index contributed by atoms with van der Waals surface area (Å²) in [6, 6.07) is 16.5. The second-order valence-corrected chi connectivity index (χ2v) is 5.25. The molecule has 0 amide bonds. The Labute approximate surface area is 123 Å². The molecular formula is C16H15Cl2F. The van der Waals surface area contributed by atoms with Crippen molar-refractivity contribution in [2.24, 2.45) is 0 Å². The second-order valence-electron chi connectivity index (χ2n) is 4.72. The van der Waals surface area contributed by atoms with Gasteiger partial charge in [0.25, 0.3) is 0 Å². The molecule has 0 heterocycles. The van der Waals surface area contributed by atoms with Crippen LogP contribution in [0.4, 0.5) is 4.39 Å². The van der Waals surface area contributed by atoms with Crippen LogP contribution in [0.15, 0.2) is 54.6 Å². The van der Waals surface area contributed by atoms with Gasteiger partial charge in [-0.25, -0.2) is 4.39 Å². The minimum Gasteiger partial charge on any atom is -0.207 e. The maximum atomic E-state index is 13.0. The van der Waals surface area contributed by atoms with Crippen LogP contribution in [0.5, 0.6) is 0 Å². The number of hydrogen-bond acceptors (Lipinski definition) is 0. The van der Waals surface area contributed by atoms with Gasteiger partial charge in [0, 0.05) is 17.2 Å². The van der Waals surface area contributed by atoms with Gasteiger partial charge in [-0.15, -0.1) is 23.2 Å². The van der Waals surface area contributed by atoms with Gasteiger partial charge in [-0.3, -0.25) is 0 Å². The second kappa shape index (κ2) is 6.40. The minimum absolute atomic E-state index is 0.231. The summed E-state index contributed by atoms with van der Waals surface area (Å²) in [5.41, 5.74) is 1.83. The summed E-state index contributed by atoms with van der Waals surface area (Å²) in [4.78, 5) is 0. The summed E-state index contributed by atoms with van der Waals surface area (Å²) in [5, 5.41) is 0. The molecule has 0 nitrogen and oxygen atoms in total. The van der Waals surface area contributed by atoms with E-state index in [-0.39, 0.29) is 11.2 Å². The first-order valence-electron chi connectivity index (χ1n) is 6.12. The van der Waals surface area contributed by atoms with Crippen molar-refractivity contribution < 1.29 is 4.39 Å². The number of hydrogen-bond donors (Lipinski definition) is 0. The smallest absolute Gasteiger partial charge is 0.123 e. The Morgan fingerprint density at radius 1 is 0.842 bits per heavy atom. The van der Waals surface area contributed by atoms with Crippen LogP contribution in [0, 0.1) is 5.82 Å². The Hall–Kier alpha value is -1.05. The van der Waals surface area contributed by atoms with Gasteiger partial charge < -0.3 is 0 Å². The molecule has 0 aliphatic rings. The molecular weight excluding hydrogens is 282 g/mol. The lowest BCUT2D eigenvalue weighted by Gasteiger charge is -2.30. The molecule has 0 N–H and O–H groups in total. The summed E-state index contributed by atoms with van der Waals surface area (Å²) in [7, 11) is 0. The van der Waals surface area contributed by atoms with Gasteiger partial charge in [0.2, 0.25) is 0 Å². The van der Waals surface area contributed by atoms with Crippen molar-refractivity contribution in [3.05, 3.63) is 71.5 Å². The van der Waals surface area contributed by atoms with Crippen molar-refractivity contribution in [2.75, 3.05) is 11.8 Å². The van der Waals surface area contributed by atoms with Gasteiger partial charge in [-0.05, 0) is 29.7 Å². The largest absolute Gasteiger partial charge is 0.207 e. The predicted octanol–water partition coefficient (Wildman–Crippen LogP) is 4.78. The Balaban J connectivity index is 2.32. The molecule has 0 radical (unpaired) electrons. The fraction of sp³-hybridized carbons (Fsp3) is 0.250. The summed E-state index contributed by atoms with van der Waals surface area (Å²) >= 11 is 12.4. The van der Waals surface area contributed by atoms with E-state index in [0.717, 1.165) is 11.1 Å². The monoisotopic (exact) mass is 296 g/mol. The highest BCUT2D eigenvalue weighted by molar-refractivity contribution is 6.22. The molecule has 2 rings (SSSR count). The molecule has 0 unspecified atom stereocenters. The molecule has 100 valence electrons. The van der Waals surface area contributed by atoms with Crippen molar-refractivity contribution in [3.63, 3.8) is 0 Å². The van der Waals surface area contributed by atoms with Gasteiger partial charge >= 0.3 is 0 Å². The van der Waals surface area contributed by atoms with E-state index in [1.54, 1.807) is 12.1 Å². The van der Waals surface area contributed by atoms with E-state index in [1.165, 1.54) is 12.1 Å². The summed E-state index contributed by atoms with van der Waals surface area (Å²) in [6.45, 7) is 0. The number of rotatable bonds is 5. The van der Waals surface area contributed by atoms with Crippen LogP contribution in [0.1, 0.15) is 11.1 Å². The molecule has 3 heteroatoms. The lowest BCUT2D eigenvalue weighted by atomic mass is 9.79. The zero-order chi connectivity index (χ0) is 13.7. The molecule has 19 heavy (non-hydrogen) atoms. The first-order chi connectivity index (χ1) is 9.20. The van der Waals surface area contributed by atoms with Gasteiger partial charge in [0.05, 0.1) is 0 Å². The van der Waals surface area contributed by atoms with Gasteiger partial charge in [-0.2, -0.15) is 0 Å². The predicted molar refractivity (Wildman–Crippen MR) is 79.7 cm³/mol. The van der Waals surface area contributed by atoms with E-state index in [4.69, 9.17) is 23.2 Å². The topological polar surface area (TPSA) is 0 Å².